The second-order valence-electron chi connectivity index (χ2n) is 16.1. The van der Waals surface area contributed by atoms with Crippen LogP contribution in [0, 0.1) is 6.92 Å². The van der Waals surface area contributed by atoms with Gasteiger partial charge in [0.1, 0.15) is 35.5 Å². The van der Waals surface area contributed by atoms with Gasteiger partial charge in [0.2, 0.25) is 0 Å². The van der Waals surface area contributed by atoms with Crippen LogP contribution in [0.3, 0.4) is 0 Å². The van der Waals surface area contributed by atoms with Gasteiger partial charge in [-0.15, -0.1) is 0 Å². The van der Waals surface area contributed by atoms with Gasteiger partial charge in [0.15, 0.2) is 0 Å². The normalized spacial score (nSPS) is 13.6. The summed E-state index contributed by atoms with van der Waals surface area (Å²) in [6, 6.07) is 24.7. The Labute approximate surface area is 338 Å². The summed E-state index contributed by atoms with van der Waals surface area (Å²) in [5.74, 6) is 1.93. The van der Waals surface area contributed by atoms with Crippen molar-refractivity contribution in [3.8, 4) is 11.4 Å². The minimum absolute atomic E-state index is 0.216. The van der Waals surface area contributed by atoms with Gasteiger partial charge in [-0.05, 0) is 62.7 Å². The van der Waals surface area contributed by atoms with Crippen LogP contribution in [0.4, 0.5) is 27.9 Å². The summed E-state index contributed by atoms with van der Waals surface area (Å²) in [5.41, 5.74) is 3.91. The minimum Gasteiger partial charge on any atom is -0.488 e. The van der Waals surface area contributed by atoms with Crippen molar-refractivity contribution in [3.63, 3.8) is 0 Å². The molecule has 14 heteroatoms. The molecule has 3 aromatic carbocycles. The molecule has 4 N–H and O–H groups in total. The van der Waals surface area contributed by atoms with Crippen molar-refractivity contribution in [2.24, 2.45) is 0 Å². The number of amides is 3. The number of rotatable bonds is 12. The van der Waals surface area contributed by atoms with Crippen molar-refractivity contribution in [2.45, 2.75) is 59.1 Å². The number of hydrogen-bond donors (Lipinski definition) is 4. The van der Waals surface area contributed by atoms with E-state index in [2.05, 4.69) is 61.9 Å². The first-order valence-electron chi connectivity index (χ1n) is 19.4. The van der Waals surface area contributed by atoms with Gasteiger partial charge in [0, 0.05) is 53.6 Å². The van der Waals surface area contributed by atoms with E-state index < -0.39 is 11.6 Å². The summed E-state index contributed by atoms with van der Waals surface area (Å²) in [6.07, 6.45) is 4.65. The van der Waals surface area contributed by atoms with Crippen LogP contribution in [0.2, 0.25) is 0 Å². The third-order valence-electron chi connectivity index (χ3n) is 9.66. The molecule has 1 aliphatic heterocycles. The number of hydrogen-bond acceptors (Lipinski definition) is 10. The molecular weight excluding hydrogens is 733 g/mol. The first kappa shape index (κ1) is 39.8. The number of carbonyl (C=O) groups is 2. The molecule has 6 aromatic rings. The van der Waals surface area contributed by atoms with Gasteiger partial charge in [-0.2, -0.15) is 5.10 Å². The van der Waals surface area contributed by atoms with Crippen LogP contribution in [0.15, 0.2) is 97.5 Å². The van der Waals surface area contributed by atoms with E-state index in [4.69, 9.17) is 14.6 Å². The molecular formula is C44H50N10O4. The Morgan fingerprint density at radius 1 is 0.828 bits per heavy atom. The van der Waals surface area contributed by atoms with E-state index in [1.165, 1.54) is 12.4 Å². The summed E-state index contributed by atoms with van der Waals surface area (Å²) in [4.78, 5) is 42.0. The Morgan fingerprint density at radius 3 is 2.31 bits per heavy atom. The van der Waals surface area contributed by atoms with E-state index in [1.807, 2.05) is 99.6 Å². The van der Waals surface area contributed by atoms with Crippen LogP contribution in [-0.4, -0.2) is 80.0 Å². The fourth-order valence-corrected chi connectivity index (χ4v) is 6.66. The molecule has 7 rings (SSSR count). The van der Waals surface area contributed by atoms with Crippen molar-refractivity contribution in [1.82, 2.24) is 34.9 Å². The summed E-state index contributed by atoms with van der Waals surface area (Å²) < 4.78 is 13.5. The molecule has 3 amide bonds. The predicted octanol–water partition coefficient (Wildman–Crippen LogP) is 7.62. The second-order valence-corrected chi connectivity index (χ2v) is 16.1. The largest absolute Gasteiger partial charge is 0.488 e. The lowest BCUT2D eigenvalue weighted by Gasteiger charge is -2.35. The third kappa shape index (κ3) is 9.94. The summed E-state index contributed by atoms with van der Waals surface area (Å²) in [7, 11) is 0. The van der Waals surface area contributed by atoms with Gasteiger partial charge in [-0.25, -0.2) is 24.4 Å². The molecule has 0 spiro atoms. The maximum Gasteiger partial charge on any atom is 0.324 e. The average molecular weight is 783 g/mol. The molecule has 4 heterocycles. The number of fused-ring (bicyclic) bond motifs is 1. The molecule has 0 bridgehead atoms. The van der Waals surface area contributed by atoms with E-state index >= 15 is 0 Å². The molecule has 3 aromatic heterocycles. The molecule has 58 heavy (non-hydrogen) atoms. The van der Waals surface area contributed by atoms with Gasteiger partial charge >= 0.3 is 6.03 Å². The van der Waals surface area contributed by atoms with Gasteiger partial charge in [-0.1, -0.05) is 62.7 Å². The smallest absolute Gasteiger partial charge is 0.324 e. The van der Waals surface area contributed by atoms with Crippen molar-refractivity contribution in [2.75, 3.05) is 48.8 Å². The quantitative estimate of drug-likeness (QED) is 0.0973. The Bertz CT molecular complexity index is 2380. The highest BCUT2D eigenvalue weighted by Crippen LogP contribution is 2.33. The number of nitrogens with one attached hydrogen (secondary N) is 4. The number of carbonyl (C=O) groups excluding carboxylic acids is 2. The number of nitrogens with zero attached hydrogens (tertiary/aromatic N) is 6. The zero-order valence-corrected chi connectivity index (χ0v) is 33.8. The standard InChI is InChI=1S/C44H50N10O4/c1-29-11-13-31(14-12-29)54-40(24-37(52-54)43(2,3)4)50-42(56)48-34-15-16-36(33-10-8-7-9-32(33)34)58-27-30-17-18-45-38(23-30)49-39-26-46-35(25-47-39)41(55)51-44(5,6)28-53-19-21-57-22-20-53/h7-18,23-26H,19-22,27-28H2,1-6H3,(H,51,55)(H,45,47,49)(H2,48,50,56). The number of anilines is 4. The van der Waals surface area contributed by atoms with E-state index in [0.29, 0.717) is 48.6 Å². The van der Waals surface area contributed by atoms with Crippen LogP contribution >= 0.6 is 0 Å². The summed E-state index contributed by atoms with van der Waals surface area (Å²) in [5, 5.41) is 18.8. The third-order valence-corrected chi connectivity index (χ3v) is 9.66. The number of urea groups is 1. The zero-order valence-electron chi connectivity index (χ0n) is 33.8. The van der Waals surface area contributed by atoms with E-state index in [-0.39, 0.29) is 23.6 Å². The lowest BCUT2D eigenvalue weighted by atomic mass is 9.92. The molecule has 0 aliphatic carbocycles. The fraction of sp³-hybridized carbons (Fsp3) is 0.318. The fourth-order valence-electron chi connectivity index (χ4n) is 6.66. The summed E-state index contributed by atoms with van der Waals surface area (Å²) in [6.45, 7) is 16.4. The number of pyridine rings is 1. The number of ether oxygens (including phenoxy) is 2. The zero-order chi connectivity index (χ0) is 40.9. The van der Waals surface area contributed by atoms with E-state index in [1.54, 1.807) is 10.9 Å². The Morgan fingerprint density at radius 2 is 1.59 bits per heavy atom. The number of aryl methyl sites for hydroxylation is 1. The molecule has 14 nitrogen and oxygen atoms in total. The van der Waals surface area contributed by atoms with Crippen LogP contribution in [0.1, 0.15) is 61.9 Å². The van der Waals surface area contributed by atoms with Gasteiger partial charge in [-0.3, -0.25) is 15.0 Å². The van der Waals surface area contributed by atoms with E-state index in [9.17, 15) is 9.59 Å². The minimum atomic E-state index is -0.452. The molecule has 1 fully saturated rings. The molecule has 0 atom stereocenters. The topological polar surface area (TPSA) is 160 Å². The van der Waals surface area contributed by atoms with Gasteiger partial charge < -0.3 is 25.4 Å². The summed E-state index contributed by atoms with van der Waals surface area (Å²) >= 11 is 0. The first-order chi connectivity index (χ1) is 27.8. The Kier molecular flexibility index (Phi) is 11.7. The van der Waals surface area contributed by atoms with Crippen LogP contribution in [0.5, 0.6) is 5.75 Å². The van der Waals surface area contributed by atoms with Crippen LogP contribution in [0.25, 0.3) is 16.5 Å². The lowest BCUT2D eigenvalue weighted by molar-refractivity contribution is 0.0268. The monoisotopic (exact) mass is 782 g/mol. The molecule has 0 unspecified atom stereocenters. The SMILES string of the molecule is Cc1ccc(-n2nc(C(C)(C)C)cc2NC(=O)Nc2ccc(OCc3ccnc(Nc4cnc(C(=O)NC(C)(C)CN5CCOCC5)cn4)c3)c3ccccc23)cc1. The van der Waals surface area contributed by atoms with Crippen molar-refractivity contribution < 1.29 is 19.1 Å². The first-order valence-corrected chi connectivity index (χ1v) is 19.4. The highest BCUT2D eigenvalue weighted by Gasteiger charge is 2.26. The molecule has 1 aliphatic rings. The molecule has 0 saturated carbocycles. The molecule has 0 radical (unpaired) electrons. The van der Waals surface area contributed by atoms with E-state index in [0.717, 1.165) is 46.4 Å². The van der Waals surface area contributed by atoms with Crippen LogP contribution in [-0.2, 0) is 16.8 Å². The Hall–Kier alpha value is -6.38. The maximum absolute atomic E-state index is 13.5. The average Bonchev–Trinajstić information content (AvgIpc) is 3.62. The number of morpholine rings is 1. The second kappa shape index (κ2) is 17.0. The lowest BCUT2D eigenvalue weighted by Crippen LogP contribution is -2.53. The van der Waals surface area contributed by atoms with Crippen molar-refractivity contribution in [1.29, 1.82) is 0 Å². The van der Waals surface area contributed by atoms with Gasteiger partial charge in [0.05, 0.1) is 42.7 Å². The molecule has 300 valence electrons. The number of aromatic nitrogens is 5. The predicted molar refractivity (Wildman–Crippen MR) is 226 cm³/mol. The highest BCUT2D eigenvalue weighted by molar-refractivity contribution is 6.07. The maximum atomic E-state index is 13.5. The van der Waals surface area contributed by atoms with Gasteiger partial charge in [0.25, 0.3) is 5.91 Å². The van der Waals surface area contributed by atoms with Crippen molar-refractivity contribution >= 4 is 45.9 Å². The highest BCUT2D eigenvalue weighted by atomic mass is 16.5. The Balaban J connectivity index is 0.980. The van der Waals surface area contributed by atoms with Crippen molar-refractivity contribution in [3.05, 3.63) is 120 Å². The number of benzene rings is 3. The van der Waals surface area contributed by atoms with Crippen LogP contribution < -0.4 is 26.0 Å². The molecule has 1 saturated heterocycles.